The number of thiazole rings is 1. The molecule has 1 N–H and O–H groups in total. The molecule has 3 nitrogen and oxygen atoms in total. The molecule has 15 heavy (non-hydrogen) atoms. The Morgan fingerprint density at radius 2 is 2.33 bits per heavy atom. The number of aliphatic hydroxyl groups is 1. The van der Waals surface area contributed by atoms with Crippen molar-refractivity contribution in [3.63, 3.8) is 0 Å². The fraction of sp³-hybridized carbons (Fsp3) is 0.727. The molecule has 2 heterocycles. The molecule has 0 amide bonds. The van der Waals surface area contributed by atoms with E-state index >= 15 is 0 Å². The van der Waals surface area contributed by atoms with Crippen LogP contribution in [0.15, 0.2) is 5.38 Å². The summed E-state index contributed by atoms with van der Waals surface area (Å²) in [6.07, 6.45) is 2.24. The number of rotatable bonds is 4. The molecule has 84 valence electrons. The highest BCUT2D eigenvalue weighted by Gasteiger charge is 2.36. The number of aromatic nitrogens is 1. The normalized spacial score (nSPS) is 20.2. The summed E-state index contributed by atoms with van der Waals surface area (Å²) in [4.78, 5) is 6.79. The lowest BCUT2D eigenvalue weighted by Gasteiger charge is -2.43. The number of hydrogen-bond donors (Lipinski definition) is 1. The molecule has 1 aromatic rings. The molecule has 1 fully saturated rings. The van der Waals surface area contributed by atoms with Crippen molar-refractivity contribution in [1.29, 1.82) is 0 Å². The molecule has 1 aromatic heterocycles. The molecule has 4 heteroatoms. The van der Waals surface area contributed by atoms with Gasteiger partial charge in [0, 0.05) is 25.0 Å². The maximum Gasteiger partial charge on any atom is 0.0928 e. The van der Waals surface area contributed by atoms with Gasteiger partial charge in [0.05, 0.1) is 16.3 Å². The topological polar surface area (TPSA) is 36.4 Å². The number of likely N-dealkylation sites (tertiary alicyclic amines) is 1. The predicted octanol–water partition coefficient (Wildman–Crippen LogP) is 1.66. The molecule has 1 aliphatic heterocycles. The van der Waals surface area contributed by atoms with Crippen LogP contribution in [-0.4, -0.2) is 33.7 Å². The molecule has 0 bridgehead atoms. The van der Waals surface area contributed by atoms with E-state index in [9.17, 15) is 5.11 Å². The molecule has 2 rings (SSSR count). The fourth-order valence-corrected chi connectivity index (χ4v) is 2.90. The van der Waals surface area contributed by atoms with Crippen molar-refractivity contribution in [3.8, 4) is 0 Å². The summed E-state index contributed by atoms with van der Waals surface area (Å²) in [5.74, 6) is 0. The summed E-state index contributed by atoms with van der Waals surface area (Å²) in [6, 6.07) is 0. The molecule has 1 saturated heterocycles. The Balaban J connectivity index is 1.84. The first kappa shape index (κ1) is 11.0. The quantitative estimate of drug-likeness (QED) is 0.848. The molecule has 0 saturated carbocycles. The lowest BCUT2D eigenvalue weighted by atomic mass is 9.97. The van der Waals surface area contributed by atoms with Crippen molar-refractivity contribution in [2.75, 3.05) is 13.1 Å². The van der Waals surface area contributed by atoms with Crippen LogP contribution in [0.2, 0.25) is 0 Å². The summed E-state index contributed by atoms with van der Waals surface area (Å²) < 4.78 is 0. The first-order valence-corrected chi connectivity index (χ1v) is 6.35. The van der Waals surface area contributed by atoms with Gasteiger partial charge in [-0.25, -0.2) is 4.98 Å². The molecule has 1 aliphatic rings. The van der Waals surface area contributed by atoms with Crippen molar-refractivity contribution in [1.82, 2.24) is 9.88 Å². The highest BCUT2D eigenvalue weighted by atomic mass is 32.1. The molecular formula is C11H18N2OS. The van der Waals surface area contributed by atoms with Crippen LogP contribution in [0.25, 0.3) is 0 Å². The maximum absolute atomic E-state index is 9.59. The van der Waals surface area contributed by atoms with Crippen molar-refractivity contribution < 1.29 is 5.11 Å². The Morgan fingerprint density at radius 1 is 1.60 bits per heavy atom. The molecule has 0 unspecified atom stereocenters. The third-order valence-electron chi connectivity index (χ3n) is 2.58. The SMILES string of the molecule is CCCc1nc(CN2CC(C)(O)C2)cs1. The van der Waals surface area contributed by atoms with Crippen molar-refractivity contribution in [3.05, 3.63) is 16.1 Å². The zero-order chi connectivity index (χ0) is 10.9. The predicted molar refractivity (Wildman–Crippen MR) is 62.0 cm³/mol. The largest absolute Gasteiger partial charge is 0.388 e. The minimum atomic E-state index is -0.470. The summed E-state index contributed by atoms with van der Waals surface area (Å²) in [5, 5.41) is 13.0. The van der Waals surface area contributed by atoms with Gasteiger partial charge >= 0.3 is 0 Å². The summed E-state index contributed by atoms with van der Waals surface area (Å²) in [6.45, 7) is 6.48. The Labute approximate surface area is 94.8 Å². The number of β-amino-alcohol motifs (C(OH)–C–C–N with tert-alkyl or cyclic N) is 1. The number of hydrogen-bond acceptors (Lipinski definition) is 4. The van der Waals surface area contributed by atoms with Crippen LogP contribution in [0.1, 0.15) is 31.0 Å². The van der Waals surface area contributed by atoms with Crippen LogP contribution in [0.3, 0.4) is 0 Å². The van der Waals surface area contributed by atoms with E-state index in [1.807, 2.05) is 6.92 Å². The second-order valence-corrected chi connectivity index (χ2v) is 5.57. The second-order valence-electron chi connectivity index (χ2n) is 4.62. The maximum atomic E-state index is 9.59. The van der Waals surface area contributed by atoms with Gasteiger partial charge in [-0.05, 0) is 19.8 Å². The van der Waals surface area contributed by atoms with Gasteiger partial charge < -0.3 is 5.11 Å². The molecule has 0 aromatic carbocycles. The number of aryl methyl sites for hydroxylation is 1. The number of nitrogens with zero attached hydrogens (tertiary/aromatic N) is 2. The minimum absolute atomic E-state index is 0.470. The van der Waals surface area contributed by atoms with Gasteiger partial charge in [0.25, 0.3) is 0 Å². The fourth-order valence-electron chi connectivity index (χ4n) is 2.01. The average Bonchev–Trinajstić information content (AvgIpc) is 2.50. The molecule has 0 spiro atoms. The monoisotopic (exact) mass is 226 g/mol. The Bertz CT molecular complexity index is 327. The molecule has 0 atom stereocenters. The Kier molecular flexibility index (Phi) is 3.09. The van der Waals surface area contributed by atoms with Gasteiger partial charge in [0.1, 0.15) is 0 Å². The third kappa shape index (κ3) is 2.77. The van der Waals surface area contributed by atoms with Crippen LogP contribution in [0, 0.1) is 0 Å². The van der Waals surface area contributed by atoms with Crippen molar-refractivity contribution >= 4 is 11.3 Å². The third-order valence-corrected chi connectivity index (χ3v) is 3.53. The van der Waals surface area contributed by atoms with Crippen molar-refractivity contribution in [2.45, 2.75) is 38.8 Å². The Morgan fingerprint density at radius 3 is 2.93 bits per heavy atom. The summed E-state index contributed by atoms with van der Waals surface area (Å²) in [7, 11) is 0. The lowest BCUT2D eigenvalue weighted by molar-refractivity contribution is -0.0875. The van der Waals surface area contributed by atoms with Crippen LogP contribution in [-0.2, 0) is 13.0 Å². The van der Waals surface area contributed by atoms with E-state index < -0.39 is 5.60 Å². The second kappa shape index (κ2) is 4.20. The summed E-state index contributed by atoms with van der Waals surface area (Å²) in [5.41, 5.74) is 0.682. The van der Waals surface area contributed by atoms with Crippen LogP contribution in [0.4, 0.5) is 0 Å². The average molecular weight is 226 g/mol. The zero-order valence-corrected chi connectivity index (χ0v) is 10.2. The van der Waals surface area contributed by atoms with Crippen LogP contribution in [0.5, 0.6) is 0 Å². The summed E-state index contributed by atoms with van der Waals surface area (Å²) >= 11 is 1.75. The van der Waals surface area contributed by atoms with E-state index in [1.165, 1.54) is 5.01 Å². The van der Waals surface area contributed by atoms with Gasteiger partial charge in [-0.1, -0.05) is 6.92 Å². The lowest BCUT2D eigenvalue weighted by Crippen LogP contribution is -2.59. The zero-order valence-electron chi connectivity index (χ0n) is 9.36. The molecule has 0 radical (unpaired) electrons. The molecule has 0 aliphatic carbocycles. The van der Waals surface area contributed by atoms with E-state index in [1.54, 1.807) is 11.3 Å². The highest BCUT2D eigenvalue weighted by molar-refractivity contribution is 7.09. The van der Waals surface area contributed by atoms with Gasteiger partial charge in [-0.15, -0.1) is 11.3 Å². The van der Waals surface area contributed by atoms with Gasteiger partial charge in [-0.2, -0.15) is 0 Å². The van der Waals surface area contributed by atoms with E-state index in [0.717, 1.165) is 38.2 Å². The van der Waals surface area contributed by atoms with Gasteiger partial charge in [-0.3, -0.25) is 4.90 Å². The van der Waals surface area contributed by atoms with Crippen molar-refractivity contribution in [2.24, 2.45) is 0 Å². The van der Waals surface area contributed by atoms with Gasteiger partial charge in [0.15, 0.2) is 0 Å². The van der Waals surface area contributed by atoms with E-state index in [-0.39, 0.29) is 0 Å². The van der Waals surface area contributed by atoms with Gasteiger partial charge in [0.2, 0.25) is 0 Å². The van der Waals surface area contributed by atoms with E-state index in [2.05, 4.69) is 22.2 Å². The smallest absolute Gasteiger partial charge is 0.0928 e. The first-order valence-electron chi connectivity index (χ1n) is 5.47. The Hall–Kier alpha value is -0.450. The molecular weight excluding hydrogens is 208 g/mol. The van der Waals surface area contributed by atoms with E-state index in [4.69, 9.17) is 0 Å². The van der Waals surface area contributed by atoms with Crippen LogP contribution < -0.4 is 0 Å². The minimum Gasteiger partial charge on any atom is -0.388 e. The standard InChI is InChI=1S/C11H18N2OS/c1-3-4-10-12-9(6-15-10)5-13-7-11(2,14)8-13/h6,14H,3-5,7-8H2,1-2H3. The highest BCUT2D eigenvalue weighted by Crippen LogP contribution is 2.22. The van der Waals surface area contributed by atoms with E-state index in [0.29, 0.717) is 0 Å². The first-order chi connectivity index (χ1) is 7.09. The van der Waals surface area contributed by atoms with Crippen LogP contribution >= 0.6 is 11.3 Å².